The summed E-state index contributed by atoms with van der Waals surface area (Å²) in [6, 6.07) is 3.43. The van der Waals surface area contributed by atoms with Crippen LogP contribution in [0.25, 0.3) is 10.4 Å². The van der Waals surface area contributed by atoms with Gasteiger partial charge in [0.2, 0.25) is 5.89 Å². The largest absolute Gasteiger partial charge is 0.339 e. The van der Waals surface area contributed by atoms with Gasteiger partial charge in [-0.1, -0.05) is 36.4 Å². The smallest absolute Gasteiger partial charge is 0.321 e. The Bertz CT molecular complexity index is 1200. The number of rotatable bonds is 7. The minimum absolute atomic E-state index is 0.159. The second-order valence-electron chi connectivity index (χ2n) is 7.18. The monoisotopic (exact) mass is 467 g/mol. The molecule has 0 saturated carbocycles. The molecule has 0 aliphatic heterocycles. The zero-order chi connectivity index (χ0) is 22.8. The lowest BCUT2D eigenvalue weighted by atomic mass is 10.1. The molecule has 0 spiro atoms. The number of hydrogen-bond donors (Lipinski definition) is 2. The highest BCUT2D eigenvalue weighted by molar-refractivity contribution is 7.90. The number of anilines is 1. The number of nitrogens with zero attached hydrogens (tertiary/aromatic N) is 3. The molecule has 31 heavy (non-hydrogen) atoms. The molecule has 9 nitrogen and oxygen atoms in total. The van der Waals surface area contributed by atoms with Crippen molar-refractivity contribution in [3.8, 4) is 10.4 Å². The van der Waals surface area contributed by atoms with Gasteiger partial charge in [0.25, 0.3) is 0 Å². The van der Waals surface area contributed by atoms with Crippen molar-refractivity contribution in [1.29, 1.82) is 0 Å². The highest BCUT2D eigenvalue weighted by Gasteiger charge is 2.17. The molecule has 166 valence electrons. The van der Waals surface area contributed by atoms with E-state index in [0.717, 1.165) is 23.7 Å². The van der Waals surface area contributed by atoms with Crippen molar-refractivity contribution in [2.45, 2.75) is 38.0 Å². The van der Waals surface area contributed by atoms with Gasteiger partial charge >= 0.3 is 6.03 Å². The highest BCUT2D eigenvalue weighted by Crippen LogP contribution is 2.34. The van der Waals surface area contributed by atoms with Gasteiger partial charge in [-0.2, -0.15) is 4.98 Å². The molecule has 2 heterocycles. The zero-order valence-corrected chi connectivity index (χ0v) is 19.0. The van der Waals surface area contributed by atoms with Crippen LogP contribution in [-0.2, 0) is 16.3 Å². The van der Waals surface area contributed by atoms with Crippen LogP contribution in [0.4, 0.5) is 14.3 Å². The second kappa shape index (κ2) is 9.10. The maximum atomic E-state index is 14.2. The molecule has 0 unspecified atom stereocenters. The van der Waals surface area contributed by atoms with Crippen molar-refractivity contribution in [3.63, 3.8) is 0 Å². The normalized spacial score (nSPS) is 11.7. The van der Waals surface area contributed by atoms with E-state index in [9.17, 15) is 17.6 Å². The molecule has 2 N–H and O–H groups in total. The number of benzene rings is 1. The van der Waals surface area contributed by atoms with Crippen LogP contribution in [0, 0.1) is 12.7 Å². The van der Waals surface area contributed by atoms with Crippen LogP contribution in [-0.4, -0.2) is 42.4 Å². The second-order valence-corrected chi connectivity index (χ2v) is 10.2. The van der Waals surface area contributed by atoms with E-state index in [1.54, 1.807) is 6.92 Å². The van der Waals surface area contributed by atoms with Crippen molar-refractivity contribution < 1.29 is 22.1 Å². The maximum absolute atomic E-state index is 14.2. The lowest BCUT2D eigenvalue weighted by Gasteiger charge is -2.04. The summed E-state index contributed by atoms with van der Waals surface area (Å²) in [5.74, 6) is 0.385. The minimum atomic E-state index is -3.65. The molecule has 2 aromatic heterocycles. The summed E-state index contributed by atoms with van der Waals surface area (Å²) in [7, 11) is -3.65. The molecule has 0 saturated heterocycles. The van der Waals surface area contributed by atoms with Crippen LogP contribution in [0.5, 0.6) is 0 Å². The number of hydrogen-bond acceptors (Lipinski definition) is 8. The van der Waals surface area contributed by atoms with Crippen molar-refractivity contribution in [2.75, 3.05) is 18.1 Å². The van der Waals surface area contributed by atoms with Gasteiger partial charge in [-0.05, 0) is 24.6 Å². The Morgan fingerprint density at radius 1 is 1.29 bits per heavy atom. The van der Waals surface area contributed by atoms with Crippen LogP contribution < -0.4 is 10.6 Å². The molecule has 0 atom stereocenters. The fourth-order valence-electron chi connectivity index (χ4n) is 2.69. The number of nitrogens with one attached hydrogen (secondary N) is 2. The predicted molar refractivity (Wildman–Crippen MR) is 114 cm³/mol. The van der Waals surface area contributed by atoms with Crippen LogP contribution in [0.3, 0.4) is 0 Å². The van der Waals surface area contributed by atoms with Gasteiger partial charge in [0.05, 0.1) is 10.6 Å². The number of sulfone groups is 1. The molecule has 12 heteroatoms. The Balaban J connectivity index is 1.61. The highest BCUT2D eigenvalue weighted by atomic mass is 32.2. The quantitative estimate of drug-likeness (QED) is 0.544. The summed E-state index contributed by atoms with van der Waals surface area (Å²) in [5.41, 5.74) is 1.06. The number of halogens is 1. The van der Waals surface area contributed by atoms with Gasteiger partial charge in [0, 0.05) is 25.1 Å². The van der Waals surface area contributed by atoms with E-state index in [-0.39, 0.29) is 10.8 Å². The van der Waals surface area contributed by atoms with E-state index in [4.69, 9.17) is 4.52 Å². The standard InChI is InChI=1S/C19H22FN5O4S2/c1-10(2)17-23-15(29-25-17)7-8-21-18(26)24-19-22-11(3)16(30-19)12-5-6-14(13(20)9-12)31(4,27)28/h5-6,9-10H,7-8H2,1-4H3,(H2,21,22,24,26). The number of thiazole rings is 1. The average Bonchev–Trinajstić information content (AvgIpc) is 3.27. The lowest BCUT2D eigenvalue weighted by molar-refractivity contribution is 0.252. The van der Waals surface area contributed by atoms with Gasteiger partial charge in [-0.15, -0.1) is 0 Å². The summed E-state index contributed by atoms with van der Waals surface area (Å²) in [6.07, 6.45) is 1.34. The first-order chi connectivity index (χ1) is 14.5. The van der Waals surface area contributed by atoms with Gasteiger partial charge in [0.1, 0.15) is 10.7 Å². The topological polar surface area (TPSA) is 127 Å². The number of carbonyl (C=O) groups excluding carboxylic acids is 1. The summed E-state index contributed by atoms with van der Waals surface area (Å²) in [6.45, 7) is 5.93. The van der Waals surface area contributed by atoms with Gasteiger partial charge in [-0.25, -0.2) is 22.6 Å². The third-order valence-electron chi connectivity index (χ3n) is 4.24. The first-order valence-corrected chi connectivity index (χ1v) is 12.1. The number of aryl methyl sites for hydroxylation is 1. The summed E-state index contributed by atoms with van der Waals surface area (Å²) >= 11 is 1.16. The molecular weight excluding hydrogens is 445 g/mol. The van der Waals surface area contributed by atoms with Gasteiger partial charge < -0.3 is 9.84 Å². The SMILES string of the molecule is Cc1nc(NC(=O)NCCc2nc(C(C)C)no2)sc1-c1ccc(S(C)(=O)=O)c(F)c1. The number of aromatic nitrogens is 3. The average molecular weight is 468 g/mol. The van der Waals surface area contributed by atoms with Crippen molar-refractivity contribution in [2.24, 2.45) is 0 Å². The first kappa shape index (κ1) is 22.8. The summed E-state index contributed by atoms with van der Waals surface area (Å²) in [5, 5.41) is 9.51. The molecule has 0 aliphatic carbocycles. The maximum Gasteiger partial charge on any atom is 0.321 e. The molecule has 2 amide bonds. The van der Waals surface area contributed by atoms with E-state index >= 15 is 0 Å². The van der Waals surface area contributed by atoms with E-state index in [1.165, 1.54) is 12.1 Å². The number of carbonyl (C=O) groups is 1. The van der Waals surface area contributed by atoms with E-state index < -0.39 is 21.7 Å². The first-order valence-electron chi connectivity index (χ1n) is 9.39. The van der Waals surface area contributed by atoms with Gasteiger partial charge in [0.15, 0.2) is 20.8 Å². The predicted octanol–water partition coefficient (Wildman–Crippen LogP) is 3.53. The Morgan fingerprint density at radius 3 is 2.65 bits per heavy atom. The van der Waals surface area contributed by atoms with E-state index in [1.807, 2.05) is 13.8 Å². The Hall–Kier alpha value is -2.86. The van der Waals surface area contributed by atoms with Crippen LogP contribution in [0.1, 0.15) is 37.2 Å². The molecule has 3 aromatic rings. The van der Waals surface area contributed by atoms with Crippen molar-refractivity contribution in [1.82, 2.24) is 20.4 Å². The van der Waals surface area contributed by atoms with E-state index in [2.05, 4.69) is 25.8 Å². The van der Waals surface area contributed by atoms with Crippen LogP contribution >= 0.6 is 11.3 Å². The molecule has 0 radical (unpaired) electrons. The lowest BCUT2D eigenvalue weighted by Crippen LogP contribution is -2.30. The number of amides is 2. The fraction of sp³-hybridized carbons (Fsp3) is 0.368. The molecule has 0 fully saturated rings. The van der Waals surface area contributed by atoms with Crippen molar-refractivity contribution in [3.05, 3.63) is 41.4 Å². The fourth-order valence-corrected chi connectivity index (χ4v) is 4.38. The number of urea groups is 1. The molecular formula is C19H22FN5O4S2. The third kappa shape index (κ3) is 5.64. The zero-order valence-electron chi connectivity index (χ0n) is 17.4. The Kier molecular flexibility index (Phi) is 6.70. The molecule has 0 aliphatic rings. The van der Waals surface area contributed by atoms with Gasteiger partial charge in [-0.3, -0.25) is 5.32 Å². The van der Waals surface area contributed by atoms with Crippen LogP contribution in [0.2, 0.25) is 0 Å². The summed E-state index contributed by atoms with van der Waals surface area (Å²) < 4.78 is 42.5. The molecule has 3 rings (SSSR count). The van der Waals surface area contributed by atoms with E-state index in [0.29, 0.717) is 45.9 Å². The summed E-state index contributed by atoms with van der Waals surface area (Å²) in [4.78, 5) is 20.9. The molecule has 0 bridgehead atoms. The Morgan fingerprint density at radius 2 is 2.03 bits per heavy atom. The molecule has 1 aromatic carbocycles. The minimum Gasteiger partial charge on any atom is -0.339 e. The van der Waals surface area contributed by atoms with Crippen molar-refractivity contribution >= 4 is 32.3 Å². The van der Waals surface area contributed by atoms with Crippen LogP contribution in [0.15, 0.2) is 27.6 Å². The third-order valence-corrected chi connectivity index (χ3v) is 6.49. The Labute approximate surface area is 183 Å².